The molecule has 0 bridgehead atoms. The van der Waals surface area contributed by atoms with Gasteiger partial charge in [0, 0.05) is 17.2 Å². The van der Waals surface area contributed by atoms with Gasteiger partial charge >= 0.3 is 6.09 Å². The third-order valence-electron chi connectivity index (χ3n) is 2.21. The number of furan rings is 1. The fourth-order valence-corrected chi connectivity index (χ4v) is 1.53. The van der Waals surface area contributed by atoms with E-state index in [4.69, 9.17) is 9.15 Å². The maximum Gasteiger partial charge on any atom is 0.434 e. The van der Waals surface area contributed by atoms with E-state index >= 15 is 0 Å². The SMILES string of the molecule is CC(C)(C)OC(=O)N=Cc1cccc2ccoc12. The molecule has 0 N–H and O–H groups in total. The molecule has 0 aliphatic carbocycles. The first-order chi connectivity index (χ1) is 8.46. The van der Waals surface area contributed by atoms with Crippen LogP contribution in [-0.4, -0.2) is 17.9 Å². The van der Waals surface area contributed by atoms with Crippen molar-refractivity contribution in [2.24, 2.45) is 4.99 Å². The quantitative estimate of drug-likeness (QED) is 0.718. The largest absolute Gasteiger partial charge is 0.464 e. The molecule has 0 aliphatic heterocycles. The van der Waals surface area contributed by atoms with E-state index < -0.39 is 11.7 Å². The summed E-state index contributed by atoms with van der Waals surface area (Å²) in [7, 11) is 0. The Balaban J connectivity index is 2.19. The number of aliphatic imine (C=N–C) groups is 1. The summed E-state index contributed by atoms with van der Waals surface area (Å²) in [5.41, 5.74) is 0.929. The highest BCUT2D eigenvalue weighted by Gasteiger charge is 2.15. The highest BCUT2D eigenvalue weighted by molar-refractivity contribution is 5.99. The number of carbonyl (C=O) groups is 1. The highest BCUT2D eigenvalue weighted by Crippen LogP contribution is 2.18. The van der Waals surface area contributed by atoms with Crippen LogP contribution in [0, 0.1) is 0 Å². The zero-order valence-corrected chi connectivity index (χ0v) is 10.6. The molecule has 1 aromatic carbocycles. The van der Waals surface area contributed by atoms with Gasteiger partial charge in [-0.25, -0.2) is 4.79 Å². The maximum absolute atomic E-state index is 11.5. The number of ether oxygens (including phenoxy) is 1. The van der Waals surface area contributed by atoms with Crippen LogP contribution in [0.4, 0.5) is 4.79 Å². The molecule has 0 spiro atoms. The van der Waals surface area contributed by atoms with Crippen molar-refractivity contribution in [3.8, 4) is 0 Å². The summed E-state index contributed by atoms with van der Waals surface area (Å²) in [4.78, 5) is 15.2. The molecule has 2 aromatic rings. The van der Waals surface area contributed by atoms with E-state index in [0.717, 1.165) is 10.9 Å². The molecule has 0 unspecified atom stereocenters. The van der Waals surface area contributed by atoms with E-state index in [0.29, 0.717) is 5.58 Å². The molecule has 1 heterocycles. The first-order valence-corrected chi connectivity index (χ1v) is 5.69. The van der Waals surface area contributed by atoms with E-state index in [2.05, 4.69) is 4.99 Å². The number of hydrogen-bond acceptors (Lipinski definition) is 3. The van der Waals surface area contributed by atoms with Gasteiger partial charge in [0.15, 0.2) is 0 Å². The first kappa shape index (κ1) is 12.4. The van der Waals surface area contributed by atoms with E-state index in [1.54, 1.807) is 27.0 Å². The number of amides is 1. The van der Waals surface area contributed by atoms with Crippen LogP contribution < -0.4 is 0 Å². The molecule has 1 amide bonds. The molecule has 1 aromatic heterocycles. The summed E-state index contributed by atoms with van der Waals surface area (Å²) >= 11 is 0. The molecule has 18 heavy (non-hydrogen) atoms. The number of nitrogens with zero attached hydrogens (tertiary/aromatic N) is 1. The van der Waals surface area contributed by atoms with Gasteiger partial charge in [-0.15, -0.1) is 0 Å². The Morgan fingerprint density at radius 2 is 2.11 bits per heavy atom. The predicted octanol–water partition coefficient (Wildman–Crippen LogP) is 3.79. The fraction of sp³-hybridized carbons (Fsp3) is 0.286. The molecule has 0 fully saturated rings. The monoisotopic (exact) mass is 245 g/mol. The molecule has 0 saturated carbocycles. The Kier molecular flexibility index (Phi) is 3.19. The Morgan fingerprint density at radius 1 is 1.33 bits per heavy atom. The van der Waals surface area contributed by atoms with Gasteiger partial charge in [0.05, 0.1) is 6.26 Å². The Bertz CT molecular complexity index is 590. The minimum absolute atomic E-state index is 0.537. The summed E-state index contributed by atoms with van der Waals surface area (Å²) < 4.78 is 10.4. The number of benzene rings is 1. The van der Waals surface area contributed by atoms with E-state index in [1.807, 2.05) is 24.3 Å². The Labute approximate surface area is 105 Å². The number of para-hydroxylation sites is 1. The summed E-state index contributed by atoms with van der Waals surface area (Å²) in [6.07, 6.45) is 2.46. The summed E-state index contributed by atoms with van der Waals surface area (Å²) in [5, 5.41) is 0.975. The lowest BCUT2D eigenvalue weighted by molar-refractivity contribution is 0.0605. The zero-order valence-electron chi connectivity index (χ0n) is 10.6. The van der Waals surface area contributed by atoms with Crippen LogP contribution in [0.2, 0.25) is 0 Å². The Morgan fingerprint density at radius 3 is 2.83 bits per heavy atom. The van der Waals surface area contributed by atoms with Gasteiger partial charge in [0.1, 0.15) is 11.2 Å². The summed E-state index contributed by atoms with van der Waals surface area (Å²) in [5.74, 6) is 0. The Hall–Kier alpha value is -2.10. The van der Waals surface area contributed by atoms with Crippen molar-refractivity contribution < 1.29 is 13.9 Å². The second-order valence-corrected chi connectivity index (χ2v) is 4.92. The summed E-state index contributed by atoms with van der Waals surface area (Å²) in [6, 6.07) is 7.51. The van der Waals surface area contributed by atoms with Crippen molar-refractivity contribution in [2.45, 2.75) is 26.4 Å². The molecule has 0 aliphatic rings. The van der Waals surface area contributed by atoms with Gasteiger partial charge in [0.2, 0.25) is 0 Å². The van der Waals surface area contributed by atoms with Crippen molar-refractivity contribution in [3.05, 3.63) is 36.1 Å². The number of fused-ring (bicyclic) bond motifs is 1. The molecule has 4 nitrogen and oxygen atoms in total. The van der Waals surface area contributed by atoms with Crippen LogP contribution in [0.1, 0.15) is 26.3 Å². The molecular formula is C14H15NO3. The summed E-state index contributed by atoms with van der Waals surface area (Å²) in [6.45, 7) is 5.40. The minimum Gasteiger partial charge on any atom is -0.464 e. The van der Waals surface area contributed by atoms with Crippen LogP contribution in [-0.2, 0) is 4.74 Å². The lowest BCUT2D eigenvalue weighted by Crippen LogP contribution is -2.21. The smallest absolute Gasteiger partial charge is 0.434 e. The van der Waals surface area contributed by atoms with E-state index in [9.17, 15) is 4.79 Å². The second-order valence-electron chi connectivity index (χ2n) is 4.92. The van der Waals surface area contributed by atoms with Crippen molar-refractivity contribution in [3.63, 3.8) is 0 Å². The molecule has 0 atom stereocenters. The van der Waals surface area contributed by atoms with Crippen LogP contribution >= 0.6 is 0 Å². The van der Waals surface area contributed by atoms with Crippen LogP contribution in [0.25, 0.3) is 11.0 Å². The predicted molar refractivity (Wildman–Crippen MR) is 70.0 cm³/mol. The van der Waals surface area contributed by atoms with E-state index in [1.165, 1.54) is 6.21 Å². The number of hydrogen-bond donors (Lipinski definition) is 0. The van der Waals surface area contributed by atoms with Gasteiger partial charge in [-0.3, -0.25) is 0 Å². The van der Waals surface area contributed by atoms with Crippen molar-refractivity contribution in [1.82, 2.24) is 0 Å². The van der Waals surface area contributed by atoms with Gasteiger partial charge in [-0.05, 0) is 32.9 Å². The molecule has 2 rings (SSSR count). The first-order valence-electron chi connectivity index (χ1n) is 5.69. The third kappa shape index (κ3) is 2.97. The highest BCUT2D eigenvalue weighted by atomic mass is 16.6. The second kappa shape index (κ2) is 4.64. The fourth-order valence-electron chi connectivity index (χ4n) is 1.53. The van der Waals surface area contributed by atoms with Crippen molar-refractivity contribution >= 4 is 23.3 Å². The normalized spacial score (nSPS) is 12.2. The van der Waals surface area contributed by atoms with Crippen LogP contribution in [0.5, 0.6) is 0 Å². The average Bonchev–Trinajstić information content (AvgIpc) is 2.72. The third-order valence-corrected chi connectivity index (χ3v) is 2.21. The lowest BCUT2D eigenvalue weighted by Gasteiger charge is -2.17. The van der Waals surface area contributed by atoms with Crippen LogP contribution in [0.15, 0.2) is 39.9 Å². The number of rotatable bonds is 1. The van der Waals surface area contributed by atoms with Crippen molar-refractivity contribution in [2.75, 3.05) is 0 Å². The topological polar surface area (TPSA) is 51.8 Å². The standard InChI is InChI=1S/C14H15NO3/c1-14(2,3)18-13(16)15-9-11-6-4-5-10-7-8-17-12(10)11/h4-9H,1-3H3. The average molecular weight is 245 g/mol. The zero-order chi connectivity index (χ0) is 13.2. The van der Waals surface area contributed by atoms with Crippen LogP contribution in [0.3, 0.4) is 0 Å². The molecule has 0 radical (unpaired) electrons. The van der Waals surface area contributed by atoms with Crippen molar-refractivity contribution in [1.29, 1.82) is 0 Å². The number of carbonyl (C=O) groups excluding carboxylic acids is 1. The maximum atomic E-state index is 11.5. The molecule has 0 saturated heterocycles. The van der Waals surface area contributed by atoms with Gasteiger partial charge in [0.25, 0.3) is 0 Å². The van der Waals surface area contributed by atoms with Gasteiger partial charge in [-0.2, -0.15) is 4.99 Å². The minimum atomic E-state index is -0.606. The molecule has 4 heteroatoms. The molecule has 94 valence electrons. The van der Waals surface area contributed by atoms with E-state index in [-0.39, 0.29) is 0 Å². The lowest BCUT2D eigenvalue weighted by atomic mass is 10.2. The van der Waals surface area contributed by atoms with Gasteiger partial charge < -0.3 is 9.15 Å². The van der Waals surface area contributed by atoms with Gasteiger partial charge in [-0.1, -0.05) is 12.1 Å². The molecular weight excluding hydrogens is 230 g/mol.